The average molecular weight is 532 g/mol. The van der Waals surface area contributed by atoms with Crippen molar-refractivity contribution in [2.24, 2.45) is 0 Å². The fraction of sp³-hybridized carbons (Fsp3) is 0.444. The Labute approximate surface area is 222 Å². The maximum atomic E-state index is 13.2. The Kier molecular flexibility index (Phi) is 11.7. The van der Waals surface area contributed by atoms with Crippen molar-refractivity contribution in [1.29, 1.82) is 0 Å². The lowest BCUT2D eigenvalue weighted by molar-refractivity contribution is -0.132. The van der Waals surface area contributed by atoms with E-state index in [1.165, 1.54) is 7.11 Å². The van der Waals surface area contributed by atoms with E-state index >= 15 is 0 Å². The standard InChI is InChI=1S/C27H34ClN3O6/c1-35-17-22-27(34)31-23(26(33)29-16-19-10-4-6-12-21(19)28)18-36-14-8-2-3-9-15-37-24-13-7-5-11-20(24)25(32)30-22/h4-7,10-13,22-23H,2-3,8-9,14-18H2,1H3,(H,29,33)(H,30,32)(H,31,34)/t22-,23-/m0/s1. The van der Waals surface area contributed by atoms with E-state index in [9.17, 15) is 14.4 Å². The van der Waals surface area contributed by atoms with Crippen molar-refractivity contribution in [2.45, 2.75) is 44.3 Å². The first-order valence-corrected chi connectivity index (χ1v) is 12.8. The third-order valence-electron chi connectivity index (χ3n) is 5.86. The number of hydrogen-bond donors (Lipinski definition) is 3. The van der Waals surface area contributed by atoms with Gasteiger partial charge in [0.05, 0.1) is 25.4 Å². The highest BCUT2D eigenvalue weighted by Gasteiger charge is 2.28. The first-order chi connectivity index (χ1) is 18.0. The number of carbonyl (C=O) groups is 3. The molecular weight excluding hydrogens is 498 g/mol. The van der Waals surface area contributed by atoms with Crippen LogP contribution in [0.1, 0.15) is 41.6 Å². The highest BCUT2D eigenvalue weighted by molar-refractivity contribution is 6.31. The van der Waals surface area contributed by atoms with Crippen molar-refractivity contribution in [3.8, 4) is 5.75 Å². The van der Waals surface area contributed by atoms with Crippen LogP contribution in [0.2, 0.25) is 5.02 Å². The Bertz CT molecular complexity index is 1050. The molecule has 9 nitrogen and oxygen atoms in total. The molecule has 1 heterocycles. The van der Waals surface area contributed by atoms with Crippen molar-refractivity contribution >= 4 is 29.3 Å². The van der Waals surface area contributed by atoms with Crippen LogP contribution in [0, 0.1) is 0 Å². The van der Waals surface area contributed by atoms with Crippen LogP contribution in [0.3, 0.4) is 0 Å². The van der Waals surface area contributed by atoms with E-state index in [0.29, 0.717) is 29.5 Å². The predicted molar refractivity (Wildman–Crippen MR) is 140 cm³/mol. The van der Waals surface area contributed by atoms with Gasteiger partial charge < -0.3 is 30.2 Å². The van der Waals surface area contributed by atoms with Crippen LogP contribution in [0.4, 0.5) is 0 Å². The zero-order chi connectivity index (χ0) is 26.5. The number of hydrogen-bond acceptors (Lipinski definition) is 6. The summed E-state index contributed by atoms with van der Waals surface area (Å²) in [5, 5.41) is 8.74. The van der Waals surface area contributed by atoms with Crippen LogP contribution in [0.5, 0.6) is 5.75 Å². The van der Waals surface area contributed by atoms with Crippen LogP contribution < -0.4 is 20.7 Å². The van der Waals surface area contributed by atoms with E-state index in [1.54, 1.807) is 36.4 Å². The third-order valence-corrected chi connectivity index (χ3v) is 6.22. The van der Waals surface area contributed by atoms with Gasteiger partial charge in [0.2, 0.25) is 11.8 Å². The zero-order valence-corrected chi connectivity index (χ0v) is 21.7. The van der Waals surface area contributed by atoms with Crippen molar-refractivity contribution in [3.63, 3.8) is 0 Å². The number of fused-ring (bicyclic) bond motifs is 1. The van der Waals surface area contributed by atoms with E-state index in [0.717, 1.165) is 31.2 Å². The molecule has 3 rings (SSSR count). The molecule has 3 N–H and O–H groups in total. The van der Waals surface area contributed by atoms with Crippen LogP contribution in [-0.2, 0) is 25.6 Å². The SMILES string of the molecule is COC[C@@H]1NC(=O)c2ccccc2OCCCCCCOC[C@@H](C(=O)NCc2ccccc2Cl)NC1=O. The maximum absolute atomic E-state index is 13.2. The second-order valence-corrected chi connectivity index (χ2v) is 9.09. The van der Waals surface area contributed by atoms with Gasteiger partial charge in [0.15, 0.2) is 0 Å². The number of benzene rings is 2. The summed E-state index contributed by atoms with van der Waals surface area (Å²) >= 11 is 6.20. The molecule has 0 saturated carbocycles. The second-order valence-electron chi connectivity index (χ2n) is 8.69. The molecule has 2 atom stereocenters. The molecule has 0 aliphatic carbocycles. The normalized spacial score (nSPS) is 19.9. The topological polar surface area (TPSA) is 115 Å². The summed E-state index contributed by atoms with van der Waals surface area (Å²) in [4.78, 5) is 39.2. The van der Waals surface area contributed by atoms with Crippen LogP contribution in [-0.4, -0.2) is 63.3 Å². The van der Waals surface area contributed by atoms with Gasteiger partial charge in [-0.2, -0.15) is 0 Å². The Hall–Kier alpha value is -3.14. The molecule has 1 aliphatic rings. The predicted octanol–water partition coefficient (Wildman–Crippen LogP) is 2.86. The Morgan fingerprint density at radius 2 is 1.76 bits per heavy atom. The summed E-state index contributed by atoms with van der Waals surface area (Å²) in [7, 11) is 1.43. The Morgan fingerprint density at radius 3 is 2.54 bits per heavy atom. The Balaban J connectivity index is 1.75. The molecule has 2 aromatic rings. The molecule has 3 amide bonds. The number of methoxy groups -OCH3 is 1. The molecule has 0 saturated heterocycles. The number of nitrogens with one attached hydrogen (secondary N) is 3. The van der Waals surface area contributed by atoms with Gasteiger partial charge in [0, 0.05) is 25.3 Å². The van der Waals surface area contributed by atoms with Crippen molar-refractivity contribution in [3.05, 3.63) is 64.7 Å². The second kappa shape index (κ2) is 15.2. The summed E-state index contributed by atoms with van der Waals surface area (Å²) in [6.07, 6.45) is 3.50. The van der Waals surface area contributed by atoms with Crippen molar-refractivity contribution in [1.82, 2.24) is 16.0 Å². The molecule has 0 aromatic heterocycles. The third kappa shape index (κ3) is 9.03. The lowest BCUT2D eigenvalue weighted by Crippen LogP contribution is -2.56. The van der Waals surface area contributed by atoms with Crippen LogP contribution >= 0.6 is 11.6 Å². The van der Waals surface area contributed by atoms with E-state index < -0.39 is 29.8 Å². The van der Waals surface area contributed by atoms with Gasteiger partial charge in [0.25, 0.3) is 5.91 Å². The number of halogens is 1. The van der Waals surface area contributed by atoms with Crippen molar-refractivity contribution < 1.29 is 28.6 Å². The first-order valence-electron chi connectivity index (χ1n) is 12.4. The molecule has 200 valence electrons. The largest absolute Gasteiger partial charge is 0.493 e. The first kappa shape index (κ1) is 28.4. The molecule has 0 spiro atoms. The number of rotatable bonds is 5. The quantitative estimate of drug-likeness (QED) is 0.546. The summed E-state index contributed by atoms with van der Waals surface area (Å²) in [6.45, 7) is 1.02. The minimum absolute atomic E-state index is 0.0142. The lowest BCUT2D eigenvalue weighted by Gasteiger charge is -2.23. The fourth-order valence-corrected chi connectivity index (χ4v) is 4.01. The lowest BCUT2D eigenvalue weighted by atomic mass is 10.1. The molecule has 0 fully saturated rings. The molecule has 1 aliphatic heterocycles. The monoisotopic (exact) mass is 531 g/mol. The van der Waals surface area contributed by atoms with Crippen LogP contribution in [0.15, 0.2) is 48.5 Å². The van der Waals surface area contributed by atoms with Gasteiger partial charge in [-0.05, 0) is 43.0 Å². The van der Waals surface area contributed by atoms with Gasteiger partial charge in [-0.15, -0.1) is 0 Å². The van der Waals surface area contributed by atoms with Gasteiger partial charge >= 0.3 is 0 Å². The fourth-order valence-electron chi connectivity index (χ4n) is 3.81. The zero-order valence-electron chi connectivity index (χ0n) is 21.0. The summed E-state index contributed by atoms with van der Waals surface area (Å²) in [5.41, 5.74) is 1.07. The molecule has 2 aromatic carbocycles. The molecule has 0 radical (unpaired) electrons. The number of ether oxygens (including phenoxy) is 3. The van der Waals surface area contributed by atoms with E-state index in [1.807, 2.05) is 12.1 Å². The average Bonchev–Trinajstić information content (AvgIpc) is 2.90. The number of para-hydroxylation sites is 1. The van der Waals surface area contributed by atoms with Crippen molar-refractivity contribution in [2.75, 3.05) is 33.5 Å². The van der Waals surface area contributed by atoms with Gasteiger partial charge in [0.1, 0.15) is 17.8 Å². The number of amides is 3. The molecule has 0 bridgehead atoms. The summed E-state index contributed by atoms with van der Waals surface area (Å²) < 4.78 is 16.7. The molecule has 0 unspecified atom stereocenters. The van der Waals surface area contributed by atoms with Gasteiger partial charge in [-0.25, -0.2) is 0 Å². The highest BCUT2D eigenvalue weighted by Crippen LogP contribution is 2.19. The maximum Gasteiger partial charge on any atom is 0.255 e. The number of carbonyl (C=O) groups excluding carboxylic acids is 3. The van der Waals surface area contributed by atoms with E-state index in [4.69, 9.17) is 25.8 Å². The minimum Gasteiger partial charge on any atom is -0.493 e. The van der Waals surface area contributed by atoms with Crippen LogP contribution in [0.25, 0.3) is 0 Å². The summed E-state index contributed by atoms with van der Waals surface area (Å²) in [6, 6.07) is 12.0. The summed E-state index contributed by atoms with van der Waals surface area (Å²) in [5.74, 6) is -1.03. The highest BCUT2D eigenvalue weighted by atomic mass is 35.5. The Morgan fingerprint density at radius 1 is 1.03 bits per heavy atom. The van der Waals surface area contributed by atoms with Gasteiger partial charge in [-0.1, -0.05) is 48.4 Å². The minimum atomic E-state index is -1.04. The molecular formula is C27H34ClN3O6. The van der Waals surface area contributed by atoms with E-state index in [2.05, 4.69) is 16.0 Å². The smallest absolute Gasteiger partial charge is 0.255 e. The molecule has 10 heteroatoms. The van der Waals surface area contributed by atoms with Gasteiger partial charge in [-0.3, -0.25) is 14.4 Å². The van der Waals surface area contributed by atoms with E-state index in [-0.39, 0.29) is 19.8 Å². The molecule has 37 heavy (non-hydrogen) atoms.